The van der Waals surface area contributed by atoms with Crippen LogP contribution in [0.15, 0.2) is 41.1 Å². The van der Waals surface area contributed by atoms with E-state index in [0.717, 1.165) is 4.47 Å². The predicted molar refractivity (Wildman–Crippen MR) is 75.2 cm³/mol. The van der Waals surface area contributed by atoms with E-state index in [-0.39, 0.29) is 12.2 Å². The Morgan fingerprint density at radius 3 is 2.72 bits per heavy atom. The quantitative estimate of drug-likeness (QED) is 0.674. The average Bonchev–Trinajstić information content (AvgIpc) is 2.35. The second-order valence-corrected chi connectivity index (χ2v) is 4.82. The highest BCUT2D eigenvalue weighted by Gasteiger charge is 2.12. The van der Waals surface area contributed by atoms with Crippen LogP contribution in [0.2, 0.25) is 0 Å². The van der Waals surface area contributed by atoms with Gasteiger partial charge in [-0.2, -0.15) is 0 Å². The molecule has 0 amide bonds. The average molecular weight is 306 g/mol. The van der Waals surface area contributed by atoms with Gasteiger partial charge in [0.2, 0.25) is 0 Å². The van der Waals surface area contributed by atoms with Crippen LogP contribution in [0, 0.1) is 0 Å². The zero-order valence-corrected chi connectivity index (χ0v) is 11.1. The zero-order valence-electron chi connectivity index (χ0n) is 9.56. The summed E-state index contributed by atoms with van der Waals surface area (Å²) >= 11 is 3.32. The minimum Gasteiger partial charge on any atom is -0.398 e. The summed E-state index contributed by atoms with van der Waals surface area (Å²) in [7, 11) is 0. The summed E-state index contributed by atoms with van der Waals surface area (Å²) in [5.41, 5.74) is 13.8. The number of nitrogen functional groups attached to an aromatic ring is 2. The number of carbonyl (C=O) groups excluding carboxylic acids is 1. The van der Waals surface area contributed by atoms with Gasteiger partial charge in [-0.3, -0.25) is 9.78 Å². The molecule has 1 heterocycles. The van der Waals surface area contributed by atoms with E-state index in [0.29, 0.717) is 22.5 Å². The molecule has 1 aromatic heterocycles. The van der Waals surface area contributed by atoms with Crippen molar-refractivity contribution in [3.05, 3.63) is 52.3 Å². The number of rotatable bonds is 3. The third kappa shape index (κ3) is 2.68. The molecule has 92 valence electrons. The van der Waals surface area contributed by atoms with Crippen molar-refractivity contribution in [2.24, 2.45) is 0 Å². The van der Waals surface area contributed by atoms with Crippen molar-refractivity contribution < 1.29 is 4.79 Å². The Balaban J connectivity index is 2.28. The van der Waals surface area contributed by atoms with Crippen LogP contribution >= 0.6 is 15.9 Å². The summed E-state index contributed by atoms with van der Waals surface area (Å²) in [5.74, 6) is -0.0755. The van der Waals surface area contributed by atoms with Crippen molar-refractivity contribution in [1.29, 1.82) is 0 Å². The summed E-state index contributed by atoms with van der Waals surface area (Å²) < 4.78 is 0.819. The van der Waals surface area contributed by atoms with Gasteiger partial charge in [0, 0.05) is 45.8 Å². The molecular weight excluding hydrogens is 294 g/mol. The van der Waals surface area contributed by atoms with Crippen molar-refractivity contribution in [1.82, 2.24) is 4.98 Å². The lowest BCUT2D eigenvalue weighted by atomic mass is 10.0. The molecule has 1 aromatic carbocycles. The number of halogens is 1. The minimum atomic E-state index is -0.0755. The number of hydrogen-bond acceptors (Lipinski definition) is 4. The van der Waals surface area contributed by atoms with E-state index in [1.165, 1.54) is 0 Å². The fourth-order valence-corrected chi connectivity index (χ4v) is 1.98. The van der Waals surface area contributed by atoms with Crippen molar-refractivity contribution in [2.75, 3.05) is 11.5 Å². The Hall–Kier alpha value is -1.88. The van der Waals surface area contributed by atoms with Gasteiger partial charge in [0.1, 0.15) is 0 Å². The number of aromatic nitrogens is 1. The van der Waals surface area contributed by atoms with Gasteiger partial charge in [-0.05, 0) is 24.3 Å². The van der Waals surface area contributed by atoms with Crippen LogP contribution in [0.25, 0.3) is 0 Å². The number of anilines is 2. The first-order valence-electron chi connectivity index (χ1n) is 5.34. The molecule has 5 heteroatoms. The molecule has 0 spiro atoms. The first-order chi connectivity index (χ1) is 8.58. The second kappa shape index (κ2) is 5.18. The van der Waals surface area contributed by atoms with Crippen LogP contribution in [0.1, 0.15) is 15.9 Å². The molecule has 0 aliphatic rings. The maximum atomic E-state index is 12.2. The summed E-state index contributed by atoms with van der Waals surface area (Å²) in [6, 6.07) is 6.88. The van der Waals surface area contributed by atoms with Crippen molar-refractivity contribution in [2.45, 2.75) is 6.42 Å². The van der Waals surface area contributed by atoms with Crippen LogP contribution in [0.3, 0.4) is 0 Å². The Labute approximate surface area is 113 Å². The Bertz CT molecular complexity index is 599. The molecule has 0 atom stereocenters. The van der Waals surface area contributed by atoms with Crippen LogP contribution in [0.4, 0.5) is 11.4 Å². The Morgan fingerprint density at radius 2 is 2.00 bits per heavy atom. The highest BCUT2D eigenvalue weighted by molar-refractivity contribution is 9.10. The molecule has 0 saturated heterocycles. The van der Waals surface area contributed by atoms with Gasteiger partial charge < -0.3 is 11.5 Å². The number of Topliss-reactive ketones (excluding diaryl/α,β-unsaturated/α-hetero) is 1. The number of benzene rings is 1. The molecule has 0 unspecified atom stereocenters. The molecule has 18 heavy (non-hydrogen) atoms. The normalized spacial score (nSPS) is 10.3. The van der Waals surface area contributed by atoms with E-state index >= 15 is 0 Å². The van der Waals surface area contributed by atoms with E-state index in [1.54, 1.807) is 36.7 Å². The van der Waals surface area contributed by atoms with Crippen molar-refractivity contribution in [3.63, 3.8) is 0 Å². The largest absolute Gasteiger partial charge is 0.398 e. The standard InChI is InChI=1S/C13H12BrN3O/c14-9-1-2-12(16)10(6-9)13(18)5-8-7-17-4-3-11(8)15/h1-4,6-7H,5,16H2,(H2,15,17). The molecule has 0 fully saturated rings. The summed E-state index contributed by atoms with van der Waals surface area (Å²) in [5, 5.41) is 0. The molecule has 4 N–H and O–H groups in total. The van der Waals surface area contributed by atoms with E-state index < -0.39 is 0 Å². The van der Waals surface area contributed by atoms with Gasteiger partial charge >= 0.3 is 0 Å². The highest BCUT2D eigenvalue weighted by Crippen LogP contribution is 2.21. The summed E-state index contributed by atoms with van der Waals surface area (Å²) in [6.07, 6.45) is 3.39. The zero-order chi connectivity index (χ0) is 13.1. The molecule has 0 aliphatic carbocycles. The lowest BCUT2D eigenvalue weighted by Gasteiger charge is -2.07. The monoisotopic (exact) mass is 305 g/mol. The molecule has 0 bridgehead atoms. The van der Waals surface area contributed by atoms with Crippen molar-refractivity contribution in [3.8, 4) is 0 Å². The maximum absolute atomic E-state index is 12.2. The molecule has 2 rings (SSSR count). The predicted octanol–water partition coefficient (Wildman–Crippen LogP) is 2.43. The molecule has 0 saturated carbocycles. The van der Waals surface area contributed by atoms with E-state index in [2.05, 4.69) is 20.9 Å². The SMILES string of the molecule is Nc1ccncc1CC(=O)c1cc(Br)ccc1N. The van der Waals surface area contributed by atoms with E-state index in [1.807, 2.05) is 0 Å². The first-order valence-corrected chi connectivity index (χ1v) is 6.14. The minimum absolute atomic E-state index is 0.0755. The number of nitrogens with zero attached hydrogens (tertiary/aromatic N) is 1. The summed E-state index contributed by atoms with van der Waals surface area (Å²) in [4.78, 5) is 16.1. The van der Waals surface area contributed by atoms with Crippen LogP contribution in [-0.2, 0) is 6.42 Å². The lowest BCUT2D eigenvalue weighted by molar-refractivity contribution is 0.0994. The number of ketones is 1. The molecule has 0 radical (unpaired) electrons. The van der Waals surface area contributed by atoms with Gasteiger partial charge in [0.25, 0.3) is 0 Å². The van der Waals surface area contributed by atoms with Gasteiger partial charge in [-0.15, -0.1) is 0 Å². The number of pyridine rings is 1. The first kappa shape index (κ1) is 12.6. The number of carbonyl (C=O) groups is 1. The second-order valence-electron chi connectivity index (χ2n) is 3.91. The van der Waals surface area contributed by atoms with Gasteiger partial charge in [0.15, 0.2) is 5.78 Å². The molecule has 4 nitrogen and oxygen atoms in total. The van der Waals surface area contributed by atoms with Gasteiger partial charge in [-0.1, -0.05) is 15.9 Å². The number of nitrogens with two attached hydrogens (primary N) is 2. The van der Waals surface area contributed by atoms with Crippen LogP contribution in [0.5, 0.6) is 0 Å². The summed E-state index contributed by atoms with van der Waals surface area (Å²) in [6.45, 7) is 0. The number of hydrogen-bond donors (Lipinski definition) is 2. The van der Waals surface area contributed by atoms with Crippen molar-refractivity contribution >= 4 is 33.1 Å². The van der Waals surface area contributed by atoms with Gasteiger partial charge in [-0.25, -0.2) is 0 Å². The Morgan fingerprint density at radius 1 is 1.22 bits per heavy atom. The third-order valence-electron chi connectivity index (χ3n) is 2.61. The topological polar surface area (TPSA) is 82.0 Å². The van der Waals surface area contributed by atoms with E-state index in [9.17, 15) is 4.79 Å². The maximum Gasteiger partial charge on any atom is 0.169 e. The third-order valence-corrected chi connectivity index (χ3v) is 3.10. The molecule has 0 aliphatic heterocycles. The lowest BCUT2D eigenvalue weighted by Crippen LogP contribution is -2.08. The van der Waals surface area contributed by atoms with Gasteiger partial charge in [0.05, 0.1) is 0 Å². The smallest absolute Gasteiger partial charge is 0.169 e. The fraction of sp³-hybridized carbons (Fsp3) is 0.0769. The Kier molecular flexibility index (Phi) is 3.62. The molecular formula is C13H12BrN3O. The fourth-order valence-electron chi connectivity index (χ4n) is 1.62. The van der Waals surface area contributed by atoms with Crippen LogP contribution < -0.4 is 11.5 Å². The van der Waals surface area contributed by atoms with Crippen LogP contribution in [-0.4, -0.2) is 10.8 Å². The highest BCUT2D eigenvalue weighted by atomic mass is 79.9. The molecule has 2 aromatic rings. The van der Waals surface area contributed by atoms with E-state index in [4.69, 9.17) is 11.5 Å².